The number of nitrogens with zero attached hydrogens (tertiary/aromatic N) is 1. The number of aryl methyl sites for hydroxylation is 1. The summed E-state index contributed by atoms with van der Waals surface area (Å²) in [6.45, 7) is 5.59. The molecule has 3 rings (SSSR count). The third kappa shape index (κ3) is 2.49. The minimum absolute atomic E-state index is 0.507. The van der Waals surface area contributed by atoms with Gasteiger partial charge in [0.1, 0.15) is 0 Å². The molecule has 104 valence electrons. The Bertz CT molecular complexity index is 621. The summed E-state index contributed by atoms with van der Waals surface area (Å²) in [7, 11) is 0. The van der Waals surface area contributed by atoms with E-state index in [0.29, 0.717) is 6.04 Å². The normalized spacial score (nSPS) is 18.6. The lowest BCUT2D eigenvalue weighted by Crippen LogP contribution is -2.23. The molecule has 0 saturated carbocycles. The maximum Gasteiger partial charge on any atom is 0.0543 e. The molecule has 0 amide bonds. The van der Waals surface area contributed by atoms with Gasteiger partial charge in [-0.1, -0.05) is 40.2 Å². The fourth-order valence-corrected chi connectivity index (χ4v) is 3.58. The molecule has 0 spiro atoms. The van der Waals surface area contributed by atoms with E-state index in [0.717, 1.165) is 6.54 Å². The van der Waals surface area contributed by atoms with E-state index in [4.69, 9.17) is 0 Å². The van der Waals surface area contributed by atoms with Gasteiger partial charge in [0.2, 0.25) is 0 Å². The van der Waals surface area contributed by atoms with Gasteiger partial charge in [-0.15, -0.1) is 0 Å². The van der Waals surface area contributed by atoms with Crippen molar-refractivity contribution in [2.75, 3.05) is 11.4 Å². The van der Waals surface area contributed by atoms with Crippen molar-refractivity contribution in [2.45, 2.75) is 32.7 Å². The predicted molar refractivity (Wildman–Crippen MR) is 89.4 cm³/mol. The second-order valence-electron chi connectivity index (χ2n) is 5.63. The van der Waals surface area contributed by atoms with E-state index in [9.17, 15) is 0 Å². The molecule has 1 aliphatic rings. The molecular weight excluding hydrogens is 310 g/mol. The van der Waals surface area contributed by atoms with E-state index < -0.39 is 0 Å². The van der Waals surface area contributed by atoms with Crippen LogP contribution in [0.3, 0.4) is 0 Å². The highest BCUT2D eigenvalue weighted by Gasteiger charge is 2.27. The molecule has 1 nitrogen and oxygen atoms in total. The zero-order valence-electron chi connectivity index (χ0n) is 12.1. The first-order valence-corrected chi connectivity index (χ1v) is 8.04. The van der Waals surface area contributed by atoms with Crippen LogP contribution in [0.4, 0.5) is 5.69 Å². The topological polar surface area (TPSA) is 3.24 Å². The van der Waals surface area contributed by atoms with Crippen LogP contribution in [0.25, 0.3) is 0 Å². The van der Waals surface area contributed by atoms with E-state index in [2.05, 4.69) is 77.1 Å². The number of hydrogen-bond acceptors (Lipinski definition) is 1. The van der Waals surface area contributed by atoms with Gasteiger partial charge in [-0.25, -0.2) is 0 Å². The van der Waals surface area contributed by atoms with Crippen molar-refractivity contribution in [3.8, 4) is 0 Å². The van der Waals surface area contributed by atoms with Gasteiger partial charge in [0.15, 0.2) is 0 Å². The maximum atomic E-state index is 3.59. The Morgan fingerprint density at radius 3 is 2.70 bits per heavy atom. The van der Waals surface area contributed by atoms with Crippen LogP contribution >= 0.6 is 15.9 Å². The standard InChI is InChI=1S/C18H20BrN/c1-13-6-3-9-17(14(13)2)20-11-5-10-18(20)15-7-4-8-16(19)12-15/h3-4,6-9,12,18H,5,10-11H2,1-2H3. The first kappa shape index (κ1) is 13.7. The van der Waals surface area contributed by atoms with Crippen LogP contribution in [0.15, 0.2) is 46.9 Å². The van der Waals surface area contributed by atoms with Gasteiger partial charge in [0, 0.05) is 16.7 Å². The van der Waals surface area contributed by atoms with E-state index in [1.165, 1.54) is 39.7 Å². The van der Waals surface area contributed by atoms with Crippen LogP contribution < -0.4 is 4.90 Å². The first-order valence-electron chi connectivity index (χ1n) is 7.25. The molecule has 1 fully saturated rings. The van der Waals surface area contributed by atoms with Crippen molar-refractivity contribution < 1.29 is 0 Å². The smallest absolute Gasteiger partial charge is 0.0543 e. The Morgan fingerprint density at radius 2 is 1.90 bits per heavy atom. The van der Waals surface area contributed by atoms with Crippen LogP contribution in [-0.2, 0) is 0 Å². The van der Waals surface area contributed by atoms with E-state index >= 15 is 0 Å². The molecule has 1 saturated heterocycles. The molecule has 2 heteroatoms. The summed E-state index contributed by atoms with van der Waals surface area (Å²) in [5.74, 6) is 0. The van der Waals surface area contributed by atoms with Gasteiger partial charge in [-0.3, -0.25) is 0 Å². The molecule has 1 heterocycles. The lowest BCUT2D eigenvalue weighted by molar-refractivity contribution is 0.717. The van der Waals surface area contributed by atoms with Gasteiger partial charge >= 0.3 is 0 Å². The zero-order valence-corrected chi connectivity index (χ0v) is 13.7. The second kappa shape index (κ2) is 5.61. The number of anilines is 1. The van der Waals surface area contributed by atoms with Gasteiger partial charge in [0.05, 0.1) is 6.04 Å². The Labute approximate surface area is 129 Å². The van der Waals surface area contributed by atoms with Crippen molar-refractivity contribution in [3.63, 3.8) is 0 Å². The Hall–Kier alpha value is -1.28. The van der Waals surface area contributed by atoms with E-state index in [1.54, 1.807) is 0 Å². The summed E-state index contributed by atoms with van der Waals surface area (Å²) in [5.41, 5.74) is 5.60. The number of benzene rings is 2. The molecule has 0 radical (unpaired) electrons. The highest BCUT2D eigenvalue weighted by molar-refractivity contribution is 9.10. The fraction of sp³-hybridized carbons (Fsp3) is 0.333. The van der Waals surface area contributed by atoms with Gasteiger partial charge in [-0.05, 0) is 61.6 Å². The third-order valence-electron chi connectivity index (χ3n) is 4.37. The number of hydrogen-bond donors (Lipinski definition) is 0. The summed E-state index contributed by atoms with van der Waals surface area (Å²) >= 11 is 3.59. The van der Waals surface area contributed by atoms with Crippen LogP contribution in [-0.4, -0.2) is 6.54 Å². The SMILES string of the molecule is Cc1cccc(N2CCCC2c2cccc(Br)c2)c1C. The third-order valence-corrected chi connectivity index (χ3v) is 4.86. The van der Waals surface area contributed by atoms with Gasteiger partial charge in [-0.2, -0.15) is 0 Å². The molecule has 1 aliphatic heterocycles. The molecule has 1 atom stereocenters. The predicted octanol–water partition coefficient (Wildman–Crippen LogP) is 5.41. The van der Waals surface area contributed by atoms with Crippen LogP contribution in [0.2, 0.25) is 0 Å². The summed E-state index contributed by atoms with van der Waals surface area (Å²) in [4.78, 5) is 2.57. The van der Waals surface area contributed by atoms with Crippen molar-refractivity contribution >= 4 is 21.6 Å². The summed E-state index contributed by atoms with van der Waals surface area (Å²) in [6.07, 6.45) is 2.51. The lowest BCUT2D eigenvalue weighted by atomic mass is 10.0. The van der Waals surface area contributed by atoms with Gasteiger partial charge < -0.3 is 4.90 Å². The summed E-state index contributed by atoms with van der Waals surface area (Å²) in [6, 6.07) is 15.9. The molecule has 20 heavy (non-hydrogen) atoms. The van der Waals surface area contributed by atoms with Crippen molar-refractivity contribution in [1.29, 1.82) is 0 Å². The number of rotatable bonds is 2. The second-order valence-corrected chi connectivity index (χ2v) is 6.54. The highest BCUT2D eigenvalue weighted by atomic mass is 79.9. The fourth-order valence-electron chi connectivity index (χ4n) is 3.16. The van der Waals surface area contributed by atoms with Crippen LogP contribution in [0, 0.1) is 13.8 Å². The quantitative estimate of drug-likeness (QED) is 0.712. The van der Waals surface area contributed by atoms with Crippen LogP contribution in [0.5, 0.6) is 0 Å². The number of halogens is 1. The largest absolute Gasteiger partial charge is 0.364 e. The summed E-state index contributed by atoms with van der Waals surface area (Å²) in [5, 5.41) is 0. The molecule has 0 aromatic heterocycles. The average molecular weight is 330 g/mol. The molecule has 1 unspecified atom stereocenters. The molecular formula is C18H20BrN. The molecule has 0 N–H and O–H groups in total. The molecule has 2 aromatic carbocycles. The lowest BCUT2D eigenvalue weighted by Gasteiger charge is -2.29. The zero-order chi connectivity index (χ0) is 14.1. The molecule has 0 bridgehead atoms. The van der Waals surface area contributed by atoms with E-state index in [1.807, 2.05) is 0 Å². The summed E-state index contributed by atoms with van der Waals surface area (Å²) < 4.78 is 1.17. The Morgan fingerprint density at radius 1 is 1.10 bits per heavy atom. The monoisotopic (exact) mass is 329 g/mol. The van der Waals surface area contributed by atoms with Crippen molar-refractivity contribution in [2.24, 2.45) is 0 Å². The highest BCUT2D eigenvalue weighted by Crippen LogP contribution is 2.38. The van der Waals surface area contributed by atoms with Crippen LogP contribution in [0.1, 0.15) is 35.6 Å². The molecule has 2 aromatic rings. The maximum absolute atomic E-state index is 3.59. The minimum Gasteiger partial charge on any atom is -0.364 e. The minimum atomic E-state index is 0.507. The Kier molecular flexibility index (Phi) is 3.84. The van der Waals surface area contributed by atoms with Gasteiger partial charge in [0.25, 0.3) is 0 Å². The molecule has 0 aliphatic carbocycles. The average Bonchev–Trinajstić information content (AvgIpc) is 2.91. The van der Waals surface area contributed by atoms with Crippen molar-refractivity contribution in [3.05, 3.63) is 63.6 Å². The Balaban J connectivity index is 1.99. The van der Waals surface area contributed by atoms with E-state index in [-0.39, 0.29) is 0 Å². The first-order chi connectivity index (χ1) is 9.66. The van der Waals surface area contributed by atoms with Crippen molar-refractivity contribution in [1.82, 2.24) is 0 Å².